The summed E-state index contributed by atoms with van der Waals surface area (Å²) in [5, 5.41) is 1.81. The monoisotopic (exact) mass is 396 g/mol. The summed E-state index contributed by atoms with van der Waals surface area (Å²) in [4.78, 5) is 15.5. The molecule has 1 fully saturated rings. The predicted molar refractivity (Wildman–Crippen MR) is 118 cm³/mol. The zero-order chi connectivity index (χ0) is 19.5. The summed E-state index contributed by atoms with van der Waals surface area (Å²) in [6.07, 6.45) is 3.13. The minimum Gasteiger partial charge on any atom is -0.377 e. The van der Waals surface area contributed by atoms with E-state index < -0.39 is 0 Å². The highest BCUT2D eigenvalue weighted by Crippen LogP contribution is 2.28. The molecule has 3 heterocycles. The molecule has 0 bridgehead atoms. The van der Waals surface area contributed by atoms with Crippen LogP contribution in [0.3, 0.4) is 0 Å². The van der Waals surface area contributed by atoms with Gasteiger partial charge in [0, 0.05) is 46.3 Å². The van der Waals surface area contributed by atoms with Crippen LogP contribution < -0.4 is 4.90 Å². The van der Waals surface area contributed by atoms with Gasteiger partial charge in [-0.3, -0.25) is 0 Å². The third-order valence-corrected chi connectivity index (χ3v) is 6.69. The highest BCUT2D eigenvalue weighted by Gasteiger charge is 2.22. The third kappa shape index (κ3) is 4.18. The lowest BCUT2D eigenvalue weighted by Gasteiger charge is -2.34. The average Bonchev–Trinajstić information content (AvgIpc) is 3.20. The van der Waals surface area contributed by atoms with Crippen molar-refractivity contribution in [3.63, 3.8) is 0 Å². The van der Waals surface area contributed by atoms with Crippen LogP contribution in [0.25, 0.3) is 22.3 Å². The Morgan fingerprint density at radius 2 is 2.18 bits per heavy atom. The minimum absolute atomic E-state index is 0.318. The molecule has 2 atom stereocenters. The van der Waals surface area contributed by atoms with Crippen molar-refractivity contribution < 1.29 is 4.74 Å². The van der Waals surface area contributed by atoms with Crippen LogP contribution >= 0.6 is 11.8 Å². The van der Waals surface area contributed by atoms with Gasteiger partial charge in [-0.2, -0.15) is 11.8 Å². The molecule has 0 amide bonds. The minimum atomic E-state index is 0.318. The number of hydrogen-bond donors (Lipinski definition) is 1. The fourth-order valence-electron chi connectivity index (χ4n) is 3.44. The van der Waals surface area contributed by atoms with E-state index in [4.69, 9.17) is 14.7 Å². The number of nitrogens with one attached hydrogen (secondary N) is 1. The second kappa shape index (κ2) is 8.53. The number of H-pyrrole nitrogens is 1. The normalized spacial score (nSPS) is 18.5. The van der Waals surface area contributed by atoms with Crippen LogP contribution in [0.2, 0.25) is 0 Å². The highest BCUT2D eigenvalue weighted by atomic mass is 32.2. The van der Waals surface area contributed by atoms with E-state index >= 15 is 0 Å². The van der Waals surface area contributed by atoms with Crippen molar-refractivity contribution in [3.05, 3.63) is 42.2 Å². The summed E-state index contributed by atoms with van der Waals surface area (Å²) in [5.41, 5.74) is 3.29. The van der Waals surface area contributed by atoms with Gasteiger partial charge in [-0.25, -0.2) is 9.97 Å². The lowest BCUT2D eigenvalue weighted by atomic mass is 10.1. The van der Waals surface area contributed by atoms with Crippen molar-refractivity contribution in [2.45, 2.75) is 44.2 Å². The lowest BCUT2D eigenvalue weighted by molar-refractivity contribution is 0.0985. The molecule has 2 unspecified atom stereocenters. The number of ether oxygens (including phenoxy) is 1. The largest absolute Gasteiger partial charge is 0.377 e. The number of fused-ring (bicyclic) bond motifs is 1. The first-order chi connectivity index (χ1) is 13.6. The molecule has 28 heavy (non-hydrogen) atoms. The zero-order valence-electron chi connectivity index (χ0n) is 16.8. The molecule has 2 aromatic heterocycles. The van der Waals surface area contributed by atoms with E-state index in [1.165, 1.54) is 11.8 Å². The Morgan fingerprint density at radius 3 is 3.00 bits per heavy atom. The van der Waals surface area contributed by atoms with Gasteiger partial charge < -0.3 is 14.6 Å². The van der Waals surface area contributed by atoms with E-state index in [1.807, 2.05) is 18.0 Å². The van der Waals surface area contributed by atoms with Crippen LogP contribution in [0.1, 0.15) is 32.9 Å². The van der Waals surface area contributed by atoms with E-state index in [-0.39, 0.29) is 0 Å². The maximum Gasteiger partial charge on any atom is 0.161 e. The summed E-state index contributed by atoms with van der Waals surface area (Å²) in [7, 11) is 0. The molecule has 0 saturated carbocycles. The van der Waals surface area contributed by atoms with Crippen LogP contribution in [-0.2, 0) is 10.5 Å². The molecule has 1 aliphatic rings. The fourth-order valence-corrected chi connectivity index (χ4v) is 4.28. The molecule has 148 valence electrons. The van der Waals surface area contributed by atoms with Gasteiger partial charge in [-0.05, 0) is 37.6 Å². The molecule has 1 aromatic carbocycles. The number of hydrogen-bond acceptors (Lipinski definition) is 5. The number of nitrogens with zero attached hydrogens (tertiary/aromatic N) is 3. The third-order valence-electron chi connectivity index (χ3n) is 5.33. The Hall–Kier alpha value is -2.05. The van der Waals surface area contributed by atoms with Crippen molar-refractivity contribution in [1.29, 1.82) is 0 Å². The lowest BCUT2D eigenvalue weighted by Crippen LogP contribution is -2.44. The fraction of sp³-hybridized carbons (Fsp3) is 0.455. The van der Waals surface area contributed by atoms with Crippen LogP contribution in [0.15, 0.2) is 36.5 Å². The van der Waals surface area contributed by atoms with Gasteiger partial charge in [0.15, 0.2) is 5.82 Å². The molecule has 4 rings (SSSR count). The molecule has 0 aliphatic carbocycles. The smallest absolute Gasteiger partial charge is 0.161 e. The summed E-state index contributed by atoms with van der Waals surface area (Å²) in [6, 6.07) is 10.9. The second-order valence-electron chi connectivity index (χ2n) is 7.47. The molecule has 6 heteroatoms. The number of rotatable bonds is 6. The molecule has 0 radical (unpaired) electrons. The van der Waals surface area contributed by atoms with Crippen LogP contribution in [0, 0.1) is 0 Å². The Kier molecular flexibility index (Phi) is 5.87. The molecule has 1 aliphatic heterocycles. The summed E-state index contributed by atoms with van der Waals surface area (Å²) in [6.45, 7) is 9.06. The number of morpholine rings is 1. The van der Waals surface area contributed by atoms with E-state index in [0.717, 1.165) is 53.9 Å². The van der Waals surface area contributed by atoms with Crippen molar-refractivity contribution >= 4 is 28.5 Å². The van der Waals surface area contributed by atoms with E-state index in [1.54, 1.807) is 0 Å². The highest BCUT2D eigenvalue weighted by molar-refractivity contribution is 7.99. The molecule has 1 saturated heterocycles. The number of aromatic amines is 1. The summed E-state index contributed by atoms with van der Waals surface area (Å²) in [5.74, 6) is 2.72. The zero-order valence-corrected chi connectivity index (χ0v) is 17.6. The first-order valence-corrected chi connectivity index (χ1v) is 11.1. The van der Waals surface area contributed by atoms with Gasteiger partial charge in [-0.15, -0.1) is 0 Å². The van der Waals surface area contributed by atoms with Crippen molar-refractivity contribution in [2.75, 3.05) is 24.7 Å². The van der Waals surface area contributed by atoms with Gasteiger partial charge in [-0.1, -0.05) is 13.8 Å². The van der Waals surface area contributed by atoms with E-state index in [9.17, 15) is 0 Å². The number of benzene rings is 1. The number of aromatic nitrogens is 3. The quantitative estimate of drug-likeness (QED) is 0.643. The number of thioether (sulfide) groups is 1. The van der Waals surface area contributed by atoms with E-state index in [0.29, 0.717) is 11.3 Å². The van der Waals surface area contributed by atoms with Gasteiger partial charge in [0.05, 0.1) is 24.9 Å². The Morgan fingerprint density at radius 1 is 1.29 bits per heavy atom. The first kappa shape index (κ1) is 19.3. The number of anilines is 1. The van der Waals surface area contributed by atoms with Gasteiger partial charge in [0.2, 0.25) is 0 Å². The molecule has 1 N–H and O–H groups in total. The predicted octanol–water partition coefficient (Wildman–Crippen LogP) is 4.88. The maximum atomic E-state index is 5.62. The van der Waals surface area contributed by atoms with Gasteiger partial charge in [0.25, 0.3) is 0 Å². The van der Waals surface area contributed by atoms with Gasteiger partial charge in [0.1, 0.15) is 5.82 Å². The Balaban J connectivity index is 1.71. The van der Waals surface area contributed by atoms with Crippen molar-refractivity contribution in [2.24, 2.45) is 0 Å². The van der Waals surface area contributed by atoms with Crippen LogP contribution in [0.5, 0.6) is 0 Å². The second-order valence-corrected chi connectivity index (χ2v) is 8.89. The van der Waals surface area contributed by atoms with Gasteiger partial charge >= 0.3 is 0 Å². The van der Waals surface area contributed by atoms with Crippen molar-refractivity contribution in [1.82, 2.24) is 15.0 Å². The van der Waals surface area contributed by atoms with Crippen LogP contribution in [0.4, 0.5) is 5.82 Å². The summed E-state index contributed by atoms with van der Waals surface area (Å²) < 4.78 is 5.62. The molecule has 5 nitrogen and oxygen atoms in total. The Labute approximate surface area is 170 Å². The molecular weight excluding hydrogens is 368 g/mol. The molecule has 0 spiro atoms. The maximum absolute atomic E-state index is 5.62. The average molecular weight is 397 g/mol. The standard InChI is InChI=1S/C22H28N4OS/c1-4-16(3)28-14-19-12-21(26-9-10-27-13-15(26)2)25-22(24-19)18-5-6-20-17(11-18)7-8-23-20/h5-8,11-12,15-16,23H,4,9-10,13-14H2,1-3H3. The summed E-state index contributed by atoms with van der Waals surface area (Å²) >= 11 is 1.95. The van der Waals surface area contributed by atoms with Crippen molar-refractivity contribution in [3.8, 4) is 11.4 Å². The molecule has 3 aromatic rings. The Bertz CT molecular complexity index is 941. The van der Waals surface area contributed by atoms with Crippen LogP contribution in [-0.4, -0.2) is 46.0 Å². The topological polar surface area (TPSA) is 54.0 Å². The SMILES string of the molecule is CCC(C)SCc1cc(N2CCOCC2C)nc(-c2ccc3[nH]ccc3c2)n1. The van der Waals surface area contributed by atoms with E-state index in [2.05, 4.69) is 61.0 Å². The first-order valence-electron chi connectivity index (χ1n) is 10.1. The molecular formula is C22H28N4OS.